The second-order valence-corrected chi connectivity index (χ2v) is 5.86. The molecule has 2 heterocycles. The molecular weight excluding hydrogens is 360 g/mol. The zero-order chi connectivity index (χ0) is 20.4. The summed E-state index contributed by atoms with van der Waals surface area (Å²) in [4.78, 5) is 32.2. The molecule has 0 bridgehead atoms. The Kier molecular flexibility index (Phi) is 7.77. The molecule has 0 spiro atoms. The maximum Gasteiger partial charge on any atom is 0.328 e. The average molecular weight is 382 g/mol. The summed E-state index contributed by atoms with van der Waals surface area (Å²) in [6, 6.07) is 5.87. The predicted molar refractivity (Wildman–Crippen MR) is 103 cm³/mol. The standard InChI is InChI=1S/C19H22N6O3/c1-13(14-5-3-9-21-11-14)22-10-4-6-16(19(27)28-2)24-18(26)15-7-8-17(25-20)23-12-15/h3,5,7-9,11-12,16,20,22H,1,4,6,10H2,2H3,(H,24,26). The molecule has 28 heavy (non-hydrogen) atoms. The van der Waals surface area contributed by atoms with Gasteiger partial charge in [0.25, 0.3) is 5.91 Å². The van der Waals surface area contributed by atoms with Crippen molar-refractivity contribution in [1.82, 2.24) is 20.6 Å². The van der Waals surface area contributed by atoms with Gasteiger partial charge in [-0.15, -0.1) is 5.11 Å². The quantitative estimate of drug-likeness (QED) is 0.329. The van der Waals surface area contributed by atoms with Crippen LogP contribution in [0.15, 0.2) is 54.5 Å². The van der Waals surface area contributed by atoms with Crippen molar-refractivity contribution in [3.63, 3.8) is 0 Å². The van der Waals surface area contributed by atoms with E-state index < -0.39 is 17.9 Å². The van der Waals surface area contributed by atoms with E-state index in [1.165, 1.54) is 25.4 Å². The highest BCUT2D eigenvalue weighted by Gasteiger charge is 2.22. The Bertz CT molecular complexity index is 823. The number of ether oxygens (including phenoxy) is 1. The number of amides is 1. The van der Waals surface area contributed by atoms with E-state index in [1.54, 1.807) is 12.4 Å². The van der Waals surface area contributed by atoms with Gasteiger partial charge in [0.05, 0.1) is 12.7 Å². The minimum Gasteiger partial charge on any atom is -0.467 e. The molecule has 2 aromatic rings. The number of nitrogens with zero attached hydrogens (tertiary/aromatic N) is 3. The molecule has 0 saturated carbocycles. The van der Waals surface area contributed by atoms with Crippen molar-refractivity contribution in [3.05, 3.63) is 60.6 Å². The summed E-state index contributed by atoms with van der Waals surface area (Å²) >= 11 is 0. The number of carbonyl (C=O) groups is 2. The van der Waals surface area contributed by atoms with Crippen molar-refractivity contribution < 1.29 is 14.3 Å². The number of methoxy groups -OCH3 is 1. The third-order valence-corrected chi connectivity index (χ3v) is 3.93. The molecule has 9 nitrogen and oxygen atoms in total. The molecule has 1 atom stereocenters. The van der Waals surface area contributed by atoms with Crippen molar-refractivity contribution in [1.29, 1.82) is 5.53 Å². The lowest BCUT2D eigenvalue weighted by atomic mass is 10.1. The van der Waals surface area contributed by atoms with Gasteiger partial charge in [-0.1, -0.05) is 6.58 Å². The molecule has 146 valence electrons. The molecule has 2 rings (SSSR count). The van der Waals surface area contributed by atoms with Crippen LogP contribution >= 0.6 is 0 Å². The van der Waals surface area contributed by atoms with E-state index >= 15 is 0 Å². The monoisotopic (exact) mass is 382 g/mol. The maximum absolute atomic E-state index is 12.3. The summed E-state index contributed by atoms with van der Waals surface area (Å²) in [6.07, 6.45) is 5.69. The lowest BCUT2D eigenvalue weighted by molar-refractivity contribution is -0.143. The van der Waals surface area contributed by atoms with Gasteiger partial charge in [-0.25, -0.2) is 15.3 Å². The lowest BCUT2D eigenvalue weighted by Crippen LogP contribution is -2.41. The smallest absolute Gasteiger partial charge is 0.328 e. The molecule has 1 amide bonds. The van der Waals surface area contributed by atoms with Gasteiger partial charge in [0.15, 0.2) is 5.82 Å². The molecule has 2 aromatic heterocycles. The number of hydrogen-bond acceptors (Lipinski definition) is 8. The van der Waals surface area contributed by atoms with E-state index in [4.69, 9.17) is 10.3 Å². The number of esters is 1. The second-order valence-electron chi connectivity index (χ2n) is 5.86. The van der Waals surface area contributed by atoms with Crippen LogP contribution in [0.3, 0.4) is 0 Å². The van der Waals surface area contributed by atoms with E-state index in [2.05, 4.69) is 32.3 Å². The molecule has 3 N–H and O–H groups in total. The first-order chi connectivity index (χ1) is 13.5. The van der Waals surface area contributed by atoms with E-state index in [0.29, 0.717) is 19.4 Å². The topological polar surface area (TPSA) is 129 Å². The number of rotatable bonds is 10. The Balaban J connectivity index is 1.87. The van der Waals surface area contributed by atoms with Crippen LogP contribution in [0, 0.1) is 5.53 Å². The fourth-order valence-corrected chi connectivity index (χ4v) is 2.41. The Morgan fingerprint density at radius 2 is 2.11 bits per heavy atom. The fraction of sp³-hybridized carbons (Fsp3) is 0.263. The summed E-state index contributed by atoms with van der Waals surface area (Å²) in [5.41, 5.74) is 8.77. The highest BCUT2D eigenvalue weighted by Crippen LogP contribution is 2.10. The zero-order valence-electron chi connectivity index (χ0n) is 15.5. The van der Waals surface area contributed by atoms with Crippen LogP contribution in [-0.4, -0.2) is 41.5 Å². The second kappa shape index (κ2) is 10.5. The van der Waals surface area contributed by atoms with Gasteiger partial charge in [0.1, 0.15) is 6.04 Å². The van der Waals surface area contributed by atoms with Crippen LogP contribution in [0.2, 0.25) is 0 Å². The van der Waals surface area contributed by atoms with Crippen LogP contribution in [0.5, 0.6) is 0 Å². The van der Waals surface area contributed by atoms with E-state index in [0.717, 1.165) is 11.3 Å². The summed E-state index contributed by atoms with van der Waals surface area (Å²) in [5, 5.41) is 9.00. The van der Waals surface area contributed by atoms with Crippen molar-refractivity contribution in [2.24, 2.45) is 5.11 Å². The summed E-state index contributed by atoms with van der Waals surface area (Å²) in [7, 11) is 1.27. The largest absolute Gasteiger partial charge is 0.467 e. The minimum atomic E-state index is -0.786. The molecule has 0 aliphatic carbocycles. The van der Waals surface area contributed by atoms with Gasteiger partial charge in [0, 0.05) is 36.4 Å². The Morgan fingerprint density at radius 1 is 1.29 bits per heavy atom. The van der Waals surface area contributed by atoms with E-state index in [1.807, 2.05) is 12.1 Å². The zero-order valence-corrected chi connectivity index (χ0v) is 15.5. The first-order valence-electron chi connectivity index (χ1n) is 8.60. The molecule has 0 radical (unpaired) electrons. The van der Waals surface area contributed by atoms with Gasteiger partial charge < -0.3 is 15.4 Å². The van der Waals surface area contributed by atoms with E-state index in [-0.39, 0.29) is 11.4 Å². The van der Waals surface area contributed by atoms with E-state index in [9.17, 15) is 9.59 Å². The minimum absolute atomic E-state index is 0.195. The lowest BCUT2D eigenvalue weighted by Gasteiger charge is -2.17. The van der Waals surface area contributed by atoms with Crippen molar-refractivity contribution in [2.45, 2.75) is 18.9 Å². The highest BCUT2D eigenvalue weighted by atomic mass is 16.5. The van der Waals surface area contributed by atoms with Gasteiger partial charge in [0.2, 0.25) is 0 Å². The molecule has 9 heteroatoms. The number of nitrogens with one attached hydrogen (secondary N) is 3. The summed E-state index contributed by atoms with van der Waals surface area (Å²) < 4.78 is 4.78. The van der Waals surface area contributed by atoms with Crippen LogP contribution in [-0.2, 0) is 9.53 Å². The van der Waals surface area contributed by atoms with Crippen LogP contribution in [0.25, 0.3) is 5.70 Å². The predicted octanol–water partition coefficient (Wildman–Crippen LogP) is 2.45. The molecule has 0 aliphatic rings. The maximum atomic E-state index is 12.3. The molecular formula is C19H22N6O3. The van der Waals surface area contributed by atoms with Gasteiger partial charge in [-0.2, -0.15) is 0 Å². The van der Waals surface area contributed by atoms with Crippen LogP contribution in [0.1, 0.15) is 28.8 Å². The van der Waals surface area contributed by atoms with Gasteiger partial charge in [-0.05, 0) is 37.1 Å². The summed E-state index contributed by atoms with van der Waals surface area (Å²) in [5.74, 6) is -0.779. The number of hydrogen-bond donors (Lipinski definition) is 3. The highest BCUT2D eigenvalue weighted by molar-refractivity contribution is 5.96. The molecule has 0 aromatic carbocycles. The SMILES string of the molecule is C=C(NCCCC(NC(=O)c1ccc(N=N)nc1)C(=O)OC)c1cccnc1. The Labute approximate surface area is 162 Å². The molecule has 0 fully saturated rings. The van der Waals surface area contributed by atoms with Crippen LogP contribution in [0.4, 0.5) is 5.82 Å². The van der Waals surface area contributed by atoms with Crippen LogP contribution < -0.4 is 10.6 Å². The van der Waals surface area contributed by atoms with Gasteiger partial charge in [-0.3, -0.25) is 9.78 Å². The summed E-state index contributed by atoms with van der Waals surface area (Å²) in [6.45, 7) is 4.52. The fourth-order valence-electron chi connectivity index (χ4n) is 2.41. The Morgan fingerprint density at radius 3 is 2.71 bits per heavy atom. The number of pyridine rings is 2. The average Bonchev–Trinajstić information content (AvgIpc) is 2.75. The third kappa shape index (κ3) is 5.97. The van der Waals surface area contributed by atoms with Gasteiger partial charge >= 0.3 is 5.97 Å². The van der Waals surface area contributed by atoms with Crippen molar-refractivity contribution in [2.75, 3.05) is 13.7 Å². The third-order valence-electron chi connectivity index (χ3n) is 3.93. The normalized spacial score (nSPS) is 11.2. The molecule has 0 aliphatic heterocycles. The molecule has 0 saturated heterocycles. The Hall–Kier alpha value is -3.62. The first kappa shape index (κ1) is 20.7. The van der Waals surface area contributed by atoms with Crippen molar-refractivity contribution >= 4 is 23.4 Å². The number of carbonyl (C=O) groups excluding carboxylic acids is 2. The number of aromatic nitrogens is 2. The first-order valence-corrected chi connectivity index (χ1v) is 8.60. The molecule has 1 unspecified atom stereocenters. The van der Waals surface area contributed by atoms with Crippen molar-refractivity contribution in [3.8, 4) is 0 Å².